The second kappa shape index (κ2) is 7.40. The summed E-state index contributed by atoms with van der Waals surface area (Å²) in [6, 6.07) is 14.0. The lowest BCUT2D eigenvalue weighted by molar-refractivity contribution is -0.111. The molecule has 0 aliphatic carbocycles. The van der Waals surface area contributed by atoms with Crippen molar-refractivity contribution >= 4 is 23.1 Å². The Balaban J connectivity index is 2.19. The van der Waals surface area contributed by atoms with E-state index in [-0.39, 0.29) is 11.3 Å². The van der Waals surface area contributed by atoms with Gasteiger partial charge in [-0.25, -0.2) is 4.79 Å². The Kier molecular flexibility index (Phi) is 5.31. The Labute approximate surface area is 135 Å². The van der Waals surface area contributed by atoms with Gasteiger partial charge in [-0.2, -0.15) is 0 Å². The van der Waals surface area contributed by atoms with Crippen LogP contribution < -0.4 is 5.32 Å². The molecule has 0 fully saturated rings. The maximum Gasteiger partial charge on any atom is 0.337 e. The van der Waals surface area contributed by atoms with Crippen molar-refractivity contribution in [3.63, 3.8) is 0 Å². The average Bonchev–Trinajstić information content (AvgIpc) is 2.55. The molecule has 23 heavy (non-hydrogen) atoms. The number of nitrogens with one attached hydrogen (secondary N) is 1. The van der Waals surface area contributed by atoms with Crippen LogP contribution in [0.5, 0.6) is 0 Å². The standard InChI is InChI=1S/C19H19NO3/c1-3-7-14-8-6-9-15(12-14)13(2)18(21)20-17-11-5-4-10-16(17)19(22)23/h4-6,8-12H,2-3,7H2,1H3,(H,20,21)(H,22,23). The maximum absolute atomic E-state index is 12.4. The molecule has 0 saturated heterocycles. The van der Waals surface area contributed by atoms with Crippen molar-refractivity contribution in [3.8, 4) is 0 Å². The van der Waals surface area contributed by atoms with Crippen LogP contribution in [-0.2, 0) is 11.2 Å². The summed E-state index contributed by atoms with van der Waals surface area (Å²) in [7, 11) is 0. The van der Waals surface area contributed by atoms with Crippen molar-refractivity contribution in [3.05, 3.63) is 71.8 Å². The number of hydrogen-bond acceptors (Lipinski definition) is 2. The molecule has 1 amide bonds. The highest BCUT2D eigenvalue weighted by Crippen LogP contribution is 2.20. The van der Waals surface area contributed by atoms with E-state index >= 15 is 0 Å². The number of carboxylic acids is 1. The number of amides is 1. The summed E-state index contributed by atoms with van der Waals surface area (Å²) in [5.74, 6) is -1.50. The van der Waals surface area contributed by atoms with E-state index in [4.69, 9.17) is 5.11 Å². The second-order valence-electron chi connectivity index (χ2n) is 5.23. The van der Waals surface area contributed by atoms with E-state index in [1.807, 2.05) is 24.3 Å². The molecule has 0 saturated carbocycles. The fourth-order valence-electron chi connectivity index (χ4n) is 2.31. The third kappa shape index (κ3) is 4.07. The zero-order valence-corrected chi connectivity index (χ0v) is 13.0. The van der Waals surface area contributed by atoms with Crippen molar-refractivity contribution in [1.29, 1.82) is 0 Å². The van der Waals surface area contributed by atoms with Gasteiger partial charge in [-0.1, -0.05) is 56.3 Å². The maximum atomic E-state index is 12.4. The highest BCUT2D eigenvalue weighted by Gasteiger charge is 2.14. The molecule has 2 N–H and O–H groups in total. The topological polar surface area (TPSA) is 66.4 Å². The summed E-state index contributed by atoms with van der Waals surface area (Å²) in [5.41, 5.74) is 2.50. The van der Waals surface area contributed by atoms with Crippen molar-refractivity contribution in [2.45, 2.75) is 19.8 Å². The predicted molar refractivity (Wildman–Crippen MR) is 91.5 cm³/mol. The number of rotatable bonds is 6. The molecule has 0 radical (unpaired) electrons. The van der Waals surface area contributed by atoms with Crippen molar-refractivity contribution in [1.82, 2.24) is 0 Å². The van der Waals surface area contributed by atoms with E-state index in [0.29, 0.717) is 5.57 Å². The lowest BCUT2D eigenvalue weighted by Gasteiger charge is -2.11. The lowest BCUT2D eigenvalue weighted by atomic mass is 10.0. The van der Waals surface area contributed by atoms with E-state index in [9.17, 15) is 9.59 Å². The van der Waals surface area contributed by atoms with E-state index in [0.717, 1.165) is 24.0 Å². The van der Waals surface area contributed by atoms with Crippen LogP contribution >= 0.6 is 0 Å². The van der Waals surface area contributed by atoms with Gasteiger partial charge in [-0.05, 0) is 29.7 Å². The number of para-hydroxylation sites is 1. The number of carboxylic acid groups (broad SMARTS) is 1. The molecule has 0 aromatic heterocycles. The second-order valence-corrected chi connectivity index (χ2v) is 5.23. The van der Waals surface area contributed by atoms with Crippen LogP contribution in [0.3, 0.4) is 0 Å². The summed E-state index contributed by atoms with van der Waals surface area (Å²) in [4.78, 5) is 23.5. The smallest absolute Gasteiger partial charge is 0.337 e. The monoisotopic (exact) mass is 309 g/mol. The largest absolute Gasteiger partial charge is 0.478 e. The molecule has 118 valence electrons. The Bertz CT molecular complexity index is 750. The fourth-order valence-corrected chi connectivity index (χ4v) is 2.31. The minimum atomic E-state index is -1.09. The van der Waals surface area contributed by atoms with Crippen LogP contribution in [0.1, 0.15) is 34.8 Å². The summed E-state index contributed by atoms with van der Waals surface area (Å²) in [5, 5.41) is 11.8. The van der Waals surface area contributed by atoms with Gasteiger partial charge < -0.3 is 10.4 Å². The van der Waals surface area contributed by atoms with Gasteiger partial charge in [0.2, 0.25) is 0 Å². The first-order valence-electron chi connectivity index (χ1n) is 7.44. The van der Waals surface area contributed by atoms with Gasteiger partial charge in [0.05, 0.1) is 11.3 Å². The highest BCUT2D eigenvalue weighted by molar-refractivity contribution is 6.25. The molecule has 0 spiro atoms. The van der Waals surface area contributed by atoms with Crippen LogP contribution in [0.15, 0.2) is 55.1 Å². The van der Waals surface area contributed by atoms with Crippen LogP contribution in [0.2, 0.25) is 0 Å². The number of carbonyl (C=O) groups is 2. The molecule has 2 aromatic rings. The van der Waals surface area contributed by atoms with Gasteiger partial charge in [-0.15, -0.1) is 0 Å². The molecular formula is C19H19NO3. The Morgan fingerprint density at radius 1 is 1.13 bits per heavy atom. The van der Waals surface area contributed by atoms with Gasteiger partial charge in [0.15, 0.2) is 0 Å². The average molecular weight is 309 g/mol. The summed E-state index contributed by atoms with van der Waals surface area (Å²) in [6.45, 7) is 5.93. The summed E-state index contributed by atoms with van der Waals surface area (Å²) in [6.07, 6.45) is 1.96. The third-order valence-corrected chi connectivity index (χ3v) is 3.49. The first-order valence-corrected chi connectivity index (χ1v) is 7.44. The lowest BCUT2D eigenvalue weighted by Crippen LogP contribution is -2.15. The number of anilines is 1. The SMILES string of the molecule is C=C(C(=O)Nc1ccccc1C(=O)O)c1cccc(CCC)c1. The van der Waals surface area contributed by atoms with Crippen molar-refractivity contribution in [2.75, 3.05) is 5.32 Å². The van der Waals surface area contributed by atoms with Crippen molar-refractivity contribution in [2.24, 2.45) is 0 Å². The normalized spacial score (nSPS) is 10.1. The molecule has 0 atom stereocenters. The van der Waals surface area contributed by atoms with Crippen LogP contribution in [0.25, 0.3) is 5.57 Å². The minimum absolute atomic E-state index is 0.0494. The van der Waals surface area contributed by atoms with Crippen molar-refractivity contribution < 1.29 is 14.7 Å². The molecule has 0 heterocycles. The van der Waals surface area contributed by atoms with Crippen LogP contribution in [-0.4, -0.2) is 17.0 Å². The van der Waals surface area contributed by atoms with E-state index < -0.39 is 11.9 Å². The first-order chi connectivity index (χ1) is 11.0. The molecule has 4 heteroatoms. The molecule has 0 aliphatic heterocycles. The zero-order valence-electron chi connectivity index (χ0n) is 13.0. The first kappa shape index (κ1) is 16.5. The van der Waals surface area contributed by atoms with E-state index in [1.165, 1.54) is 6.07 Å². The van der Waals surface area contributed by atoms with Crippen LogP contribution in [0, 0.1) is 0 Å². The summed E-state index contributed by atoms with van der Waals surface area (Å²) >= 11 is 0. The predicted octanol–water partition coefficient (Wildman–Crippen LogP) is 3.99. The molecule has 4 nitrogen and oxygen atoms in total. The van der Waals surface area contributed by atoms with Gasteiger partial charge in [0, 0.05) is 5.57 Å². The number of aryl methyl sites for hydroxylation is 1. The highest BCUT2D eigenvalue weighted by atomic mass is 16.4. The Hall–Kier alpha value is -2.88. The molecular weight excluding hydrogens is 290 g/mol. The zero-order chi connectivity index (χ0) is 16.8. The van der Waals surface area contributed by atoms with E-state index in [1.54, 1.807) is 18.2 Å². The van der Waals surface area contributed by atoms with Gasteiger partial charge >= 0.3 is 5.97 Å². The molecule has 2 rings (SSSR count). The number of hydrogen-bond donors (Lipinski definition) is 2. The van der Waals surface area contributed by atoms with Gasteiger partial charge in [0.25, 0.3) is 5.91 Å². The molecule has 0 unspecified atom stereocenters. The minimum Gasteiger partial charge on any atom is -0.478 e. The Morgan fingerprint density at radius 3 is 2.57 bits per heavy atom. The number of aromatic carboxylic acids is 1. The summed E-state index contributed by atoms with van der Waals surface area (Å²) < 4.78 is 0. The number of carbonyl (C=O) groups excluding carboxylic acids is 1. The third-order valence-electron chi connectivity index (χ3n) is 3.49. The molecule has 0 aliphatic rings. The number of benzene rings is 2. The van der Waals surface area contributed by atoms with Gasteiger partial charge in [0.1, 0.15) is 0 Å². The quantitative estimate of drug-likeness (QED) is 0.793. The van der Waals surface area contributed by atoms with Crippen LogP contribution in [0.4, 0.5) is 5.69 Å². The van der Waals surface area contributed by atoms with E-state index in [2.05, 4.69) is 18.8 Å². The Morgan fingerprint density at radius 2 is 1.87 bits per heavy atom. The molecule has 2 aromatic carbocycles. The molecule has 0 bridgehead atoms. The fraction of sp³-hybridized carbons (Fsp3) is 0.158. The van der Waals surface area contributed by atoms with Gasteiger partial charge in [-0.3, -0.25) is 4.79 Å².